The molecule has 1 aromatic carbocycles. The lowest BCUT2D eigenvalue weighted by Gasteiger charge is -2.08. The number of rotatable bonds is 3. The average Bonchev–Trinajstić information content (AvgIpc) is 2.69. The molecule has 2 rings (SSSR count). The summed E-state index contributed by atoms with van der Waals surface area (Å²) in [5, 5.41) is 1.13. The van der Waals surface area contributed by atoms with E-state index in [1.54, 1.807) is 11.3 Å². The van der Waals surface area contributed by atoms with Gasteiger partial charge in [-0.2, -0.15) is 0 Å². The van der Waals surface area contributed by atoms with Crippen LogP contribution in [0.5, 0.6) is 0 Å². The number of hydrogen-bond donors (Lipinski definition) is 0. The van der Waals surface area contributed by atoms with Gasteiger partial charge in [0, 0.05) is 10.4 Å². The molecular formula is C15H19NS. The van der Waals surface area contributed by atoms with Gasteiger partial charge in [-0.25, -0.2) is 4.98 Å². The first-order chi connectivity index (χ1) is 8.11. The lowest BCUT2D eigenvalue weighted by molar-refractivity contribution is 0.734. The molecule has 0 radical (unpaired) electrons. The number of aromatic nitrogens is 1. The van der Waals surface area contributed by atoms with Crippen LogP contribution in [0, 0.1) is 13.8 Å². The predicted molar refractivity (Wildman–Crippen MR) is 75.7 cm³/mol. The van der Waals surface area contributed by atoms with Crippen molar-refractivity contribution >= 4 is 11.3 Å². The molecule has 1 heterocycles. The van der Waals surface area contributed by atoms with Crippen LogP contribution in [0.4, 0.5) is 0 Å². The number of nitrogens with zero attached hydrogens (tertiary/aromatic N) is 1. The summed E-state index contributed by atoms with van der Waals surface area (Å²) in [5.74, 6) is 0.642. The summed E-state index contributed by atoms with van der Waals surface area (Å²) in [6.07, 6.45) is 1.19. The minimum Gasteiger partial charge on any atom is -0.241 e. The zero-order valence-corrected chi connectivity index (χ0v) is 11.8. The van der Waals surface area contributed by atoms with Crippen LogP contribution in [0.15, 0.2) is 24.3 Å². The molecule has 0 fully saturated rings. The van der Waals surface area contributed by atoms with E-state index < -0.39 is 0 Å². The Morgan fingerprint density at radius 2 is 1.82 bits per heavy atom. The summed E-state index contributed by atoms with van der Waals surface area (Å²) in [4.78, 5) is 5.90. The highest BCUT2D eigenvalue weighted by molar-refractivity contribution is 7.15. The molecule has 0 amide bonds. The summed E-state index contributed by atoms with van der Waals surface area (Å²) >= 11 is 1.78. The van der Waals surface area contributed by atoms with Gasteiger partial charge in [0.05, 0.1) is 5.69 Å². The van der Waals surface area contributed by atoms with E-state index in [2.05, 4.69) is 56.9 Å². The van der Waals surface area contributed by atoms with E-state index in [9.17, 15) is 0 Å². The second-order valence-electron chi connectivity index (χ2n) is 4.59. The van der Waals surface area contributed by atoms with Crippen molar-refractivity contribution in [2.75, 3.05) is 0 Å². The van der Waals surface area contributed by atoms with E-state index in [4.69, 9.17) is 0 Å². The van der Waals surface area contributed by atoms with Crippen LogP contribution in [0.25, 0.3) is 10.6 Å². The maximum atomic E-state index is 4.59. The van der Waals surface area contributed by atoms with Crippen LogP contribution in [0.2, 0.25) is 0 Å². The lowest BCUT2D eigenvalue weighted by atomic mass is 9.98. The van der Waals surface area contributed by atoms with Gasteiger partial charge in [-0.15, -0.1) is 11.3 Å². The van der Waals surface area contributed by atoms with Crippen molar-refractivity contribution < 1.29 is 0 Å². The van der Waals surface area contributed by atoms with Crippen molar-refractivity contribution in [1.29, 1.82) is 0 Å². The van der Waals surface area contributed by atoms with Crippen LogP contribution in [-0.2, 0) is 0 Å². The largest absolute Gasteiger partial charge is 0.241 e. The zero-order chi connectivity index (χ0) is 12.4. The van der Waals surface area contributed by atoms with Gasteiger partial charge in [-0.1, -0.05) is 38.1 Å². The second-order valence-corrected chi connectivity index (χ2v) is 5.80. The molecule has 0 saturated heterocycles. The third-order valence-electron chi connectivity index (χ3n) is 3.37. The molecule has 0 saturated carbocycles. The number of hydrogen-bond acceptors (Lipinski definition) is 2. The Labute approximate surface area is 108 Å². The Hall–Kier alpha value is -1.15. The molecule has 1 unspecified atom stereocenters. The van der Waals surface area contributed by atoms with Crippen LogP contribution >= 0.6 is 11.3 Å². The first-order valence-electron chi connectivity index (χ1n) is 6.16. The van der Waals surface area contributed by atoms with E-state index in [1.807, 2.05) is 0 Å². The molecule has 0 spiro atoms. The fraction of sp³-hybridized carbons (Fsp3) is 0.400. The monoisotopic (exact) mass is 245 g/mol. The molecule has 1 atom stereocenters. The van der Waals surface area contributed by atoms with E-state index in [1.165, 1.54) is 22.4 Å². The minimum atomic E-state index is 0.642. The fourth-order valence-electron chi connectivity index (χ4n) is 1.79. The van der Waals surface area contributed by atoms with Gasteiger partial charge in [0.25, 0.3) is 0 Å². The van der Waals surface area contributed by atoms with E-state index in [0.29, 0.717) is 5.92 Å². The van der Waals surface area contributed by atoms with Gasteiger partial charge in [-0.3, -0.25) is 0 Å². The maximum Gasteiger partial charge on any atom is 0.123 e. The molecule has 2 aromatic rings. The minimum absolute atomic E-state index is 0.642. The summed E-state index contributed by atoms with van der Waals surface area (Å²) in [5.41, 5.74) is 3.80. The van der Waals surface area contributed by atoms with Gasteiger partial charge in [0.15, 0.2) is 0 Å². The molecule has 0 aliphatic carbocycles. The first kappa shape index (κ1) is 12.3. The first-order valence-corrected chi connectivity index (χ1v) is 6.97. The summed E-state index contributed by atoms with van der Waals surface area (Å²) in [7, 11) is 0. The summed E-state index contributed by atoms with van der Waals surface area (Å²) in [6, 6.07) is 8.85. The lowest BCUT2D eigenvalue weighted by Crippen LogP contribution is -1.90. The molecule has 2 heteroatoms. The van der Waals surface area contributed by atoms with Crippen LogP contribution in [0.3, 0.4) is 0 Å². The average molecular weight is 245 g/mol. The van der Waals surface area contributed by atoms with Gasteiger partial charge in [0.2, 0.25) is 0 Å². The number of benzene rings is 1. The molecule has 17 heavy (non-hydrogen) atoms. The van der Waals surface area contributed by atoms with Crippen molar-refractivity contribution in [3.8, 4) is 10.6 Å². The molecular weight excluding hydrogens is 226 g/mol. The van der Waals surface area contributed by atoms with Crippen molar-refractivity contribution in [3.63, 3.8) is 0 Å². The number of aryl methyl sites for hydroxylation is 2. The van der Waals surface area contributed by atoms with E-state index in [-0.39, 0.29) is 0 Å². The second kappa shape index (κ2) is 5.01. The van der Waals surface area contributed by atoms with Gasteiger partial charge < -0.3 is 0 Å². The molecule has 0 aliphatic rings. The zero-order valence-electron chi connectivity index (χ0n) is 10.9. The highest BCUT2D eigenvalue weighted by Crippen LogP contribution is 2.28. The molecule has 1 aromatic heterocycles. The highest BCUT2D eigenvalue weighted by atomic mass is 32.1. The SMILES string of the molecule is CCC(C)c1ccc(-c2nc(C)c(C)s2)cc1. The third-order valence-corrected chi connectivity index (χ3v) is 4.49. The van der Waals surface area contributed by atoms with Crippen LogP contribution in [-0.4, -0.2) is 4.98 Å². The Balaban J connectivity index is 2.29. The van der Waals surface area contributed by atoms with Gasteiger partial charge in [0.1, 0.15) is 5.01 Å². The van der Waals surface area contributed by atoms with Crippen molar-refractivity contribution in [1.82, 2.24) is 4.98 Å². The topological polar surface area (TPSA) is 12.9 Å². The van der Waals surface area contributed by atoms with Crippen LogP contribution in [0.1, 0.15) is 42.3 Å². The van der Waals surface area contributed by atoms with Gasteiger partial charge >= 0.3 is 0 Å². The fourth-order valence-corrected chi connectivity index (χ4v) is 2.71. The Kier molecular flexibility index (Phi) is 3.63. The summed E-state index contributed by atoms with van der Waals surface area (Å²) < 4.78 is 0. The highest BCUT2D eigenvalue weighted by Gasteiger charge is 2.07. The Bertz CT molecular complexity index is 477. The predicted octanol–water partition coefficient (Wildman–Crippen LogP) is 4.94. The molecule has 0 bridgehead atoms. The smallest absolute Gasteiger partial charge is 0.123 e. The van der Waals surface area contributed by atoms with Crippen molar-refractivity contribution in [3.05, 3.63) is 40.4 Å². The van der Waals surface area contributed by atoms with E-state index >= 15 is 0 Å². The number of thiazole rings is 1. The molecule has 90 valence electrons. The van der Waals surface area contributed by atoms with Crippen molar-refractivity contribution in [2.24, 2.45) is 0 Å². The van der Waals surface area contributed by atoms with Crippen LogP contribution < -0.4 is 0 Å². The normalized spacial score (nSPS) is 12.7. The van der Waals surface area contributed by atoms with Gasteiger partial charge in [-0.05, 0) is 31.7 Å². The molecule has 0 aliphatic heterocycles. The Morgan fingerprint density at radius 1 is 1.18 bits per heavy atom. The van der Waals surface area contributed by atoms with E-state index in [0.717, 1.165) is 10.7 Å². The summed E-state index contributed by atoms with van der Waals surface area (Å²) in [6.45, 7) is 8.70. The quantitative estimate of drug-likeness (QED) is 0.746. The standard InChI is InChI=1S/C15H19NS/c1-5-10(2)13-6-8-14(9-7-13)15-16-11(3)12(4)17-15/h6-10H,5H2,1-4H3. The maximum absolute atomic E-state index is 4.59. The molecule has 1 nitrogen and oxygen atoms in total. The van der Waals surface area contributed by atoms with Crippen molar-refractivity contribution in [2.45, 2.75) is 40.0 Å². The third kappa shape index (κ3) is 2.58. The Morgan fingerprint density at radius 3 is 2.29 bits per heavy atom. The molecule has 0 N–H and O–H groups in total.